The van der Waals surface area contributed by atoms with Crippen LogP contribution in [0.4, 0.5) is 0 Å². The average molecular weight is 1860 g/mol. The summed E-state index contributed by atoms with van der Waals surface area (Å²) in [7, 11) is -1.59. The van der Waals surface area contributed by atoms with Crippen LogP contribution >= 0.6 is 0 Å². The van der Waals surface area contributed by atoms with Crippen molar-refractivity contribution in [3.05, 3.63) is 455 Å². The maximum atomic E-state index is 4.85. The number of aryl methyl sites for hydroxylation is 14. The summed E-state index contributed by atoms with van der Waals surface area (Å²) in [4.78, 5) is 19.0. The van der Waals surface area contributed by atoms with Crippen molar-refractivity contribution in [3.8, 4) is 0 Å². The first-order chi connectivity index (χ1) is 67.1. The Hall–Kier alpha value is -15.1. The predicted octanol–water partition coefficient (Wildman–Crippen LogP) is 33.3. The van der Waals surface area contributed by atoms with Gasteiger partial charge < -0.3 is 0 Å². The van der Waals surface area contributed by atoms with Crippen LogP contribution in [0.5, 0.6) is 0 Å². The molecule has 1 aliphatic heterocycles. The summed E-state index contributed by atoms with van der Waals surface area (Å²) in [6, 6.07) is 129. The van der Waals surface area contributed by atoms with Crippen molar-refractivity contribution in [2.45, 2.75) is 110 Å². The minimum Gasteiger partial charge on any atom is -0.256 e. The van der Waals surface area contributed by atoms with Gasteiger partial charge in [0.05, 0.1) is 16.6 Å². The van der Waals surface area contributed by atoms with Crippen molar-refractivity contribution in [2.24, 2.45) is 0 Å². The number of pyridine rings is 4. The molecule has 6 heteroatoms. The molecule has 0 N–H and O–H groups in total. The molecule has 22 aromatic carbocycles. The Morgan fingerprint density at radius 2 is 0.478 bits per heavy atom. The van der Waals surface area contributed by atoms with Gasteiger partial charge in [-0.15, -0.1) is 0 Å². The van der Waals surface area contributed by atoms with Crippen LogP contribution in [-0.2, 0) is 0 Å². The van der Waals surface area contributed by atoms with Crippen LogP contribution in [0.3, 0.4) is 0 Å². The molecule has 0 amide bonds. The Morgan fingerprint density at radius 3 is 0.928 bits per heavy atom. The molecular weight excluding hydrogens is 1750 g/mol. The Bertz CT molecular complexity index is 8290. The zero-order valence-electron chi connectivity index (χ0n) is 81.5. The van der Waals surface area contributed by atoms with E-state index >= 15 is 0 Å². The third kappa shape index (κ3) is 15.7. The van der Waals surface area contributed by atoms with Crippen molar-refractivity contribution in [3.63, 3.8) is 0 Å². The smallest absolute Gasteiger partial charge is 0.0789 e. The maximum Gasteiger partial charge on any atom is 0.0789 e. The molecule has 0 radical (unpaired) electrons. The van der Waals surface area contributed by atoms with Gasteiger partial charge in [0.2, 0.25) is 0 Å². The first-order valence-corrected chi connectivity index (χ1v) is 52.9. The van der Waals surface area contributed by atoms with E-state index in [-0.39, 0.29) is 0 Å². The van der Waals surface area contributed by atoms with Gasteiger partial charge in [-0.25, -0.2) is 0 Å². The summed E-state index contributed by atoms with van der Waals surface area (Å²) >= 11 is 0.427. The standard InChI is InChI=1S/3C20H16.3C19H15N.C15H17NSeSi/c1-13-11-19-17-9-5-3-7-15(17)16-8-4-6-10-18(16)20(19)12-14(13)2;1-13-7-5-11-17-15-9-3-4-10-16(15)18-12-6-8-14(2)20(18)19(13)17;1-13-11-12-19-17-9-4-3-7-15(17)16-8-5-6-10-18(16)20(19)14(13)2;1-12-11-20-19-17-10-6-4-8-15(17)14-7-3-5-9-16(14)18(19)13(12)2;1-12-11-18-16-9-4-3-7-14(16)15-8-5-6-10-17(15)19(18)20-13(12)2;1-12-6-5-9-15-14-7-3-4-8-16(14)19-18(17(12)15)13(2)10-11-20-19;1-10-6-5-7-12-13(10)17-14-11(2)8-9-16-15(14)18(12,3)4/h3*3-12H,1-2H3;3*3-11H,1-2H3;5-9H,1-4H3. The Kier molecular flexibility index (Phi) is 23.9. The van der Waals surface area contributed by atoms with Gasteiger partial charge in [-0.05, 0) is 302 Å². The van der Waals surface area contributed by atoms with Gasteiger partial charge >= 0.3 is 116 Å². The van der Waals surface area contributed by atoms with Crippen LogP contribution in [0.15, 0.2) is 377 Å². The molecule has 0 atom stereocenters. The van der Waals surface area contributed by atoms with Crippen LogP contribution in [-0.4, -0.2) is 43.0 Å². The Morgan fingerprint density at radius 1 is 0.188 bits per heavy atom. The molecule has 0 saturated heterocycles. The topological polar surface area (TPSA) is 51.6 Å². The molecule has 0 saturated carbocycles. The number of hydrogen-bond acceptors (Lipinski definition) is 4. The number of fused-ring (bicyclic) bond motifs is 38. The summed E-state index contributed by atoms with van der Waals surface area (Å²) in [6.45, 7) is 35.5. The minimum absolute atomic E-state index is 0.427. The normalized spacial score (nSPS) is 12.1. The zero-order valence-corrected chi connectivity index (χ0v) is 84.2. The summed E-state index contributed by atoms with van der Waals surface area (Å²) < 4.78 is 3.16. The summed E-state index contributed by atoms with van der Waals surface area (Å²) in [5.74, 6) is 0. The summed E-state index contributed by atoms with van der Waals surface area (Å²) in [6.07, 6.45) is 5.88. The largest absolute Gasteiger partial charge is 0.256 e. The van der Waals surface area contributed by atoms with Crippen LogP contribution < -0.4 is 19.4 Å². The summed E-state index contributed by atoms with van der Waals surface area (Å²) in [5.41, 5.74) is 21.9. The van der Waals surface area contributed by atoms with Crippen molar-refractivity contribution in [1.29, 1.82) is 0 Å². The molecule has 27 rings (SSSR count). The molecule has 0 aliphatic carbocycles. The van der Waals surface area contributed by atoms with Gasteiger partial charge in [-0.2, -0.15) is 0 Å². The molecule has 0 spiro atoms. The second-order valence-electron chi connectivity index (χ2n) is 38.3. The minimum atomic E-state index is -1.59. The first kappa shape index (κ1) is 89.4. The van der Waals surface area contributed by atoms with E-state index in [1.165, 1.54) is 255 Å². The number of rotatable bonds is 0. The number of hydrogen-bond donors (Lipinski definition) is 0. The van der Waals surface area contributed by atoms with E-state index in [0.29, 0.717) is 15.0 Å². The van der Waals surface area contributed by atoms with Gasteiger partial charge in [0.25, 0.3) is 0 Å². The second kappa shape index (κ2) is 36.8. The van der Waals surface area contributed by atoms with E-state index in [2.05, 4.69) is 473 Å². The number of benzene rings is 22. The third-order valence-electron chi connectivity index (χ3n) is 29.5. The predicted molar refractivity (Wildman–Crippen MR) is 606 cm³/mol. The van der Waals surface area contributed by atoms with Gasteiger partial charge in [0, 0.05) is 50.4 Å². The van der Waals surface area contributed by atoms with E-state index in [1.54, 1.807) is 14.1 Å². The number of nitrogens with zero attached hydrogens (tertiary/aromatic N) is 4. The molecule has 5 heterocycles. The van der Waals surface area contributed by atoms with Crippen molar-refractivity contribution >= 4 is 237 Å². The molecule has 0 fully saturated rings. The van der Waals surface area contributed by atoms with Crippen LogP contribution in [0.1, 0.15) is 78.0 Å². The van der Waals surface area contributed by atoms with E-state index in [0.717, 1.165) is 22.2 Å². The Labute approximate surface area is 815 Å². The molecule has 0 bridgehead atoms. The van der Waals surface area contributed by atoms with Crippen LogP contribution in [0, 0.1) is 96.9 Å². The SMILES string of the molecule is Cc1cc2c3ccccc3c3ccccc3c2cc1C.Cc1cc2c3ccccc3c3ccccc3c2nc1C.Cc1ccc2c3ccccc3c3ccccc3c2c1C.Cc1cccc2c1[Se]c1c(C)ccnc1[Si]2(C)C.Cc1cccc2c3ccccc3c3cccc(C)c3c12.Cc1cccc2c3ccccc3c3nccc(C)c3c12.Cc1cnc2c3ccccc3c3ccccc3c2c1C. The second-order valence-corrected chi connectivity index (χ2v) is 44.7. The molecule has 4 nitrogen and oxygen atoms in total. The van der Waals surface area contributed by atoms with E-state index in [9.17, 15) is 0 Å². The van der Waals surface area contributed by atoms with Crippen molar-refractivity contribution in [2.75, 3.05) is 0 Å². The summed E-state index contributed by atoms with van der Waals surface area (Å²) in [5, 5.41) is 46.8. The molecule has 138 heavy (non-hydrogen) atoms. The van der Waals surface area contributed by atoms with E-state index in [1.807, 2.05) is 18.6 Å². The van der Waals surface area contributed by atoms with E-state index in [4.69, 9.17) is 15.0 Å². The zero-order chi connectivity index (χ0) is 95.1. The average Bonchev–Trinajstić information content (AvgIpc) is 0.744. The molecule has 4 aromatic heterocycles. The maximum absolute atomic E-state index is 4.85. The monoisotopic (exact) mass is 1860 g/mol. The molecule has 0 unspecified atom stereocenters. The first-order valence-electron chi connectivity index (χ1n) is 48.2. The molecular formula is C132H110N4SeSi. The molecule has 1 aliphatic rings. The van der Waals surface area contributed by atoms with Gasteiger partial charge in [-0.3, -0.25) is 15.0 Å². The van der Waals surface area contributed by atoms with Gasteiger partial charge in [-0.1, -0.05) is 322 Å². The van der Waals surface area contributed by atoms with Crippen molar-refractivity contribution < 1.29 is 0 Å². The fourth-order valence-corrected chi connectivity index (χ4v) is 30.3. The van der Waals surface area contributed by atoms with Crippen LogP contribution in [0.25, 0.3) is 194 Å². The quantitative estimate of drug-likeness (QED) is 0.112. The Balaban J connectivity index is 0.0000000960. The fourth-order valence-electron chi connectivity index (χ4n) is 21.8. The number of aromatic nitrogens is 4. The fraction of sp³-hybridized carbons (Fsp3) is 0.121. The van der Waals surface area contributed by atoms with Crippen molar-refractivity contribution in [1.82, 2.24) is 19.9 Å². The van der Waals surface area contributed by atoms with Crippen LogP contribution in [0.2, 0.25) is 13.1 Å². The molecule has 26 aromatic rings. The third-order valence-corrected chi connectivity index (χ3v) is 36.7. The van der Waals surface area contributed by atoms with Gasteiger partial charge in [0.1, 0.15) is 0 Å². The van der Waals surface area contributed by atoms with Gasteiger partial charge in [0.15, 0.2) is 0 Å². The molecule has 668 valence electrons. The van der Waals surface area contributed by atoms with E-state index < -0.39 is 8.07 Å².